The van der Waals surface area contributed by atoms with Gasteiger partial charge in [0.1, 0.15) is 0 Å². The Morgan fingerprint density at radius 3 is 2.50 bits per heavy atom. The van der Waals surface area contributed by atoms with Crippen LogP contribution in [0.4, 0.5) is 10.8 Å². The van der Waals surface area contributed by atoms with Gasteiger partial charge in [0.25, 0.3) is 14.4 Å². The molecule has 26 heavy (non-hydrogen) atoms. The van der Waals surface area contributed by atoms with E-state index < -0.39 is 10.0 Å². The monoisotopic (exact) mass is 414 g/mol. The molecular weight excluding hydrogens is 396 g/mol. The van der Waals surface area contributed by atoms with Crippen LogP contribution in [0, 0.1) is 5.92 Å². The largest absolute Gasteiger partial charge is 0.300 e. The van der Waals surface area contributed by atoms with Gasteiger partial charge in [-0.05, 0) is 37.1 Å². The second kappa shape index (κ2) is 7.89. The number of benzene rings is 1. The molecule has 10 heteroatoms. The Hall–Kier alpha value is -1.71. The van der Waals surface area contributed by atoms with E-state index in [9.17, 15) is 13.2 Å². The Morgan fingerprint density at radius 2 is 1.85 bits per heavy atom. The summed E-state index contributed by atoms with van der Waals surface area (Å²) in [6.45, 7) is 0. The van der Waals surface area contributed by atoms with E-state index in [2.05, 4.69) is 15.5 Å². The molecule has 0 saturated heterocycles. The SMILES string of the molecule is CN(c1ccc(Cl)cc1)S(=O)(=O)c1nnc(NC(=O)C2CCCCC2)s1. The topological polar surface area (TPSA) is 92.3 Å². The average molecular weight is 415 g/mol. The van der Waals surface area contributed by atoms with Crippen LogP contribution in [0.3, 0.4) is 0 Å². The van der Waals surface area contributed by atoms with Crippen LogP contribution < -0.4 is 9.62 Å². The van der Waals surface area contributed by atoms with Crippen molar-refractivity contribution < 1.29 is 13.2 Å². The minimum absolute atomic E-state index is 0.0375. The number of sulfonamides is 1. The lowest BCUT2D eigenvalue weighted by molar-refractivity contribution is -0.120. The molecule has 1 heterocycles. The van der Waals surface area contributed by atoms with Crippen molar-refractivity contribution in [2.75, 3.05) is 16.7 Å². The van der Waals surface area contributed by atoms with Gasteiger partial charge in [-0.1, -0.05) is 42.2 Å². The highest BCUT2D eigenvalue weighted by atomic mass is 35.5. The van der Waals surface area contributed by atoms with Gasteiger partial charge in [0.2, 0.25) is 11.0 Å². The van der Waals surface area contributed by atoms with Crippen molar-refractivity contribution in [3.05, 3.63) is 29.3 Å². The molecule has 0 bridgehead atoms. The number of hydrogen-bond acceptors (Lipinski definition) is 6. The summed E-state index contributed by atoms with van der Waals surface area (Å²) in [6.07, 6.45) is 4.95. The van der Waals surface area contributed by atoms with Crippen molar-refractivity contribution in [2.24, 2.45) is 5.92 Å². The molecule has 1 fully saturated rings. The van der Waals surface area contributed by atoms with E-state index in [1.165, 1.54) is 7.05 Å². The predicted octanol–water partition coefficient (Wildman–Crippen LogP) is 3.54. The molecule has 3 rings (SSSR count). The maximum absolute atomic E-state index is 12.7. The van der Waals surface area contributed by atoms with Crippen molar-refractivity contribution in [3.63, 3.8) is 0 Å². The van der Waals surface area contributed by atoms with Gasteiger partial charge in [-0.3, -0.25) is 9.10 Å². The summed E-state index contributed by atoms with van der Waals surface area (Å²) in [5.41, 5.74) is 0.456. The van der Waals surface area contributed by atoms with Gasteiger partial charge in [-0.2, -0.15) is 8.42 Å². The predicted molar refractivity (Wildman–Crippen MR) is 102 cm³/mol. The van der Waals surface area contributed by atoms with Gasteiger partial charge >= 0.3 is 0 Å². The highest BCUT2D eigenvalue weighted by Gasteiger charge is 2.28. The highest BCUT2D eigenvalue weighted by molar-refractivity contribution is 7.94. The second-order valence-corrected chi connectivity index (χ2v) is 9.70. The van der Waals surface area contributed by atoms with Gasteiger partial charge in [-0.15, -0.1) is 10.2 Å². The number of hydrogen-bond donors (Lipinski definition) is 1. The average Bonchev–Trinajstić information content (AvgIpc) is 3.12. The number of nitrogens with one attached hydrogen (secondary N) is 1. The Balaban J connectivity index is 1.73. The molecule has 1 aromatic heterocycles. The van der Waals surface area contributed by atoms with Crippen molar-refractivity contribution in [1.29, 1.82) is 0 Å². The molecule has 7 nitrogen and oxygen atoms in total. The molecule has 0 radical (unpaired) electrons. The van der Waals surface area contributed by atoms with E-state index in [4.69, 9.17) is 11.6 Å². The van der Waals surface area contributed by atoms with Crippen LogP contribution >= 0.6 is 22.9 Å². The van der Waals surface area contributed by atoms with Gasteiger partial charge in [0.15, 0.2) is 0 Å². The third kappa shape index (κ3) is 4.16. The third-order valence-corrected chi connectivity index (χ3v) is 7.61. The lowest BCUT2D eigenvalue weighted by Crippen LogP contribution is -2.26. The second-order valence-electron chi connectivity index (χ2n) is 6.15. The highest BCUT2D eigenvalue weighted by Crippen LogP contribution is 2.29. The van der Waals surface area contributed by atoms with E-state index in [1.54, 1.807) is 24.3 Å². The molecule has 0 unspecified atom stereocenters. The van der Waals surface area contributed by atoms with Crippen LogP contribution in [-0.4, -0.2) is 31.6 Å². The summed E-state index contributed by atoms with van der Waals surface area (Å²) in [6, 6.07) is 6.43. The molecule has 1 aliphatic carbocycles. The molecule has 2 aromatic rings. The fourth-order valence-electron chi connectivity index (χ4n) is 2.84. The number of carbonyl (C=O) groups excluding carboxylic acids is 1. The molecule has 1 saturated carbocycles. The molecule has 140 valence electrons. The number of anilines is 2. The number of carbonyl (C=O) groups is 1. The Labute approximate surface area is 161 Å². The van der Waals surface area contributed by atoms with Crippen LogP contribution in [0.5, 0.6) is 0 Å². The molecule has 0 atom stereocenters. The van der Waals surface area contributed by atoms with E-state index in [0.29, 0.717) is 10.7 Å². The zero-order valence-electron chi connectivity index (χ0n) is 14.2. The minimum Gasteiger partial charge on any atom is -0.300 e. The molecule has 0 spiro atoms. The fourth-order valence-corrected chi connectivity index (χ4v) is 5.22. The van der Waals surface area contributed by atoms with Gasteiger partial charge in [-0.25, -0.2) is 0 Å². The number of nitrogens with zero attached hydrogens (tertiary/aromatic N) is 3. The molecule has 1 amide bonds. The van der Waals surface area contributed by atoms with Crippen LogP contribution in [-0.2, 0) is 14.8 Å². The summed E-state index contributed by atoms with van der Waals surface area (Å²) in [5.74, 6) is -0.152. The third-order valence-electron chi connectivity index (χ3n) is 4.38. The Bertz CT molecular complexity index is 877. The molecule has 1 N–H and O–H groups in total. The van der Waals surface area contributed by atoms with Gasteiger partial charge in [0, 0.05) is 18.0 Å². The van der Waals surface area contributed by atoms with E-state index >= 15 is 0 Å². The summed E-state index contributed by atoms with van der Waals surface area (Å²) in [7, 11) is -2.43. The van der Waals surface area contributed by atoms with Crippen LogP contribution in [0.2, 0.25) is 5.02 Å². The first kappa shape index (κ1) is 19.1. The van der Waals surface area contributed by atoms with Crippen molar-refractivity contribution in [1.82, 2.24) is 10.2 Å². The molecule has 0 aliphatic heterocycles. The lowest BCUT2D eigenvalue weighted by atomic mass is 9.89. The quantitative estimate of drug-likeness (QED) is 0.755. The smallest absolute Gasteiger partial charge is 0.293 e. The fraction of sp³-hybridized carbons (Fsp3) is 0.438. The maximum Gasteiger partial charge on any atom is 0.293 e. The van der Waals surface area contributed by atoms with Gasteiger partial charge < -0.3 is 5.32 Å². The summed E-state index contributed by atoms with van der Waals surface area (Å²) in [4.78, 5) is 12.3. The van der Waals surface area contributed by atoms with Crippen LogP contribution in [0.25, 0.3) is 0 Å². The van der Waals surface area contributed by atoms with Crippen molar-refractivity contribution >= 4 is 49.7 Å². The lowest BCUT2D eigenvalue weighted by Gasteiger charge is -2.19. The summed E-state index contributed by atoms with van der Waals surface area (Å²) in [5, 5.41) is 11.0. The Morgan fingerprint density at radius 1 is 1.19 bits per heavy atom. The maximum atomic E-state index is 12.7. The minimum atomic E-state index is -3.86. The van der Waals surface area contributed by atoms with Crippen molar-refractivity contribution in [2.45, 2.75) is 36.4 Å². The number of amides is 1. The zero-order chi connectivity index (χ0) is 18.7. The molecular formula is C16H19ClN4O3S2. The number of aromatic nitrogens is 2. The summed E-state index contributed by atoms with van der Waals surface area (Å²) < 4.78 is 26.3. The normalized spacial score (nSPS) is 15.6. The van der Waals surface area contributed by atoms with Crippen LogP contribution in [0.1, 0.15) is 32.1 Å². The molecule has 1 aromatic carbocycles. The van der Waals surface area contributed by atoms with E-state index in [-0.39, 0.29) is 21.3 Å². The standard InChI is InChI=1S/C16H19ClN4O3S2/c1-21(13-9-7-12(17)8-10-13)26(23,24)16-20-19-15(25-16)18-14(22)11-5-3-2-4-6-11/h7-11H,2-6H2,1H3,(H,18,19,22). The van der Waals surface area contributed by atoms with Gasteiger partial charge in [0.05, 0.1) is 5.69 Å². The first-order chi connectivity index (χ1) is 12.4. The van der Waals surface area contributed by atoms with Crippen LogP contribution in [0.15, 0.2) is 28.6 Å². The van der Waals surface area contributed by atoms with Crippen molar-refractivity contribution in [3.8, 4) is 0 Å². The first-order valence-electron chi connectivity index (χ1n) is 8.27. The summed E-state index contributed by atoms with van der Waals surface area (Å²) >= 11 is 6.68. The molecule has 1 aliphatic rings. The Kier molecular flexibility index (Phi) is 5.79. The van der Waals surface area contributed by atoms with E-state index in [1.807, 2.05) is 0 Å². The van der Waals surface area contributed by atoms with E-state index in [0.717, 1.165) is 47.7 Å². The number of rotatable bonds is 5. The number of halogens is 1. The zero-order valence-corrected chi connectivity index (χ0v) is 16.6. The first-order valence-corrected chi connectivity index (χ1v) is 10.9.